The summed E-state index contributed by atoms with van der Waals surface area (Å²) in [6, 6.07) is 0.805. The number of nitrogens with one attached hydrogen (secondary N) is 1. The summed E-state index contributed by atoms with van der Waals surface area (Å²) in [4.78, 5) is 0. The summed E-state index contributed by atoms with van der Waals surface area (Å²) in [5.41, 5.74) is 0. The molecule has 0 amide bonds. The molecule has 1 nitrogen and oxygen atoms in total. The number of hydrogen-bond donors (Lipinski definition) is 1. The highest BCUT2D eigenvalue weighted by Gasteiger charge is 2.25. The molecule has 1 aliphatic heterocycles. The lowest BCUT2D eigenvalue weighted by atomic mass is 9.97. The number of hydrogen-bond acceptors (Lipinski definition) is 2. The van der Waals surface area contributed by atoms with E-state index in [0.717, 1.165) is 17.2 Å². The topological polar surface area (TPSA) is 12.0 Å². The highest BCUT2D eigenvalue weighted by Crippen LogP contribution is 2.29. The first kappa shape index (κ1) is 14.7. The number of fused-ring (bicyclic) bond motifs is 1. The normalized spacial score (nSPS) is 36.8. The molecule has 0 aromatic rings. The van der Waals surface area contributed by atoms with Crippen LogP contribution in [-0.4, -0.2) is 23.6 Å². The van der Waals surface area contributed by atoms with Crippen LogP contribution < -0.4 is 5.32 Å². The van der Waals surface area contributed by atoms with E-state index in [2.05, 4.69) is 24.0 Å². The Hall–Kier alpha value is 0.310. The third-order valence-electron chi connectivity index (χ3n) is 4.53. The van der Waals surface area contributed by atoms with E-state index in [0.29, 0.717) is 0 Å². The van der Waals surface area contributed by atoms with Gasteiger partial charge in [-0.3, -0.25) is 0 Å². The second-order valence-corrected chi connectivity index (χ2v) is 7.67. The van der Waals surface area contributed by atoms with Crippen molar-refractivity contribution in [3.8, 4) is 0 Å². The van der Waals surface area contributed by atoms with Crippen molar-refractivity contribution in [2.75, 3.05) is 12.3 Å². The van der Waals surface area contributed by atoms with Gasteiger partial charge in [0.25, 0.3) is 0 Å². The molecule has 1 saturated carbocycles. The van der Waals surface area contributed by atoms with Crippen molar-refractivity contribution in [3.05, 3.63) is 0 Å². The smallest absolute Gasteiger partial charge is 0.0201 e. The van der Waals surface area contributed by atoms with Crippen LogP contribution in [0.3, 0.4) is 0 Å². The molecule has 2 heteroatoms. The van der Waals surface area contributed by atoms with Crippen LogP contribution in [0.2, 0.25) is 0 Å². The molecule has 1 heterocycles. The van der Waals surface area contributed by atoms with Gasteiger partial charge >= 0.3 is 0 Å². The lowest BCUT2D eigenvalue weighted by Crippen LogP contribution is -2.38. The van der Waals surface area contributed by atoms with E-state index in [1.807, 2.05) is 0 Å². The van der Waals surface area contributed by atoms with Gasteiger partial charge in [0.15, 0.2) is 0 Å². The molecule has 0 radical (unpaired) electrons. The van der Waals surface area contributed by atoms with E-state index in [9.17, 15) is 0 Å². The second kappa shape index (κ2) is 8.47. The Bertz CT molecular complexity index is 197. The molecule has 3 atom stereocenters. The molecule has 0 spiro atoms. The summed E-state index contributed by atoms with van der Waals surface area (Å²) in [6.45, 7) is 3.64. The predicted octanol–water partition coefficient (Wildman–Crippen LogP) is 4.61. The first-order chi connectivity index (χ1) is 8.86. The van der Waals surface area contributed by atoms with Gasteiger partial charge < -0.3 is 5.32 Å². The van der Waals surface area contributed by atoms with Crippen LogP contribution in [0, 0.1) is 5.92 Å². The standard InChI is InChI=1S/C16H31NS/c1-14-12-17-15-10-8-6-4-2-3-5-7-9-11-16(15)18-13-14/h14-17H,2-13H2,1H3. The molecule has 3 unspecified atom stereocenters. The maximum absolute atomic E-state index is 3.86. The second-order valence-electron chi connectivity index (χ2n) is 6.40. The Morgan fingerprint density at radius 2 is 1.44 bits per heavy atom. The summed E-state index contributed by atoms with van der Waals surface area (Å²) in [6.07, 6.45) is 14.6. The van der Waals surface area contributed by atoms with Crippen molar-refractivity contribution in [1.29, 1.82) is 0 Å². The van der Waals surface area contributed by atoms with Crippen molar-refractivity contribution in [2.45, 2.75) is 82.4 Å². The van der Waals surface area contributed by atoms with Crippen LogP contribution >= 0.6 is 11.8 Å². The minimum Gasteiger partial charge on any atom is -0.313 e. The van der Waals surface area contributed by atoms with Crippen LogP contribution in [0.1, 0.15) is 71.1 Å². The molecule has 2 aliphatic rings. The lowest BCUT2D eigenvalue weighted by Gasteiger charge is -2.26. The summed E-state index contributed by atoms with van der Waals surface area (Å²) in [5.74, 6) is 2.23. The quantitative estimate of drug-likeness (QED) is 0.689. The molecule has 0 aromatic heterocycles. The van der Waals surface area contributed by atoms with E-state index >= 15 is 0 Å². The van der Waals surface area contributed by atoms with E-state index in [4.69, 9.17) is 0 Å². The molecular weight excluding hydrogens is 238 g/mol. The van der Waals surface area contributed by atoms with Gasteiger partial charge in [0.2, 0.25) is 0 Å². The van der Waals surface area contributed by atoms with E-state index in [1.165, 1.54) is 76.5 Å². The van der Waals surface area contributed by atoms with Crippen LogP contribution in [0.5, 0.6) is 0 Å². The van der Waals surface area contributed by atoms with Gasteiger partial charge in [0, 0.05) is 11.3 Å². The number of rotatable bonds is 0. The average Bonchev–Trinajstić information content (AvgIpc) is 2.53. The molecule has 1 saturated heterocycles. The van der Waals surface area contributed by atoms with Gasteiger partial charge in [-0.15, -0.1) is 0 Å². The van der Waals surface area contributed by atoms with E-state index in [-0.39, 0.29) is 0 Å². The fraction of sp³-hybridized carbons (Fsp3) is 1.00. The number of thioether (sulfide) groups is 1. The van der Waals surface area contributed by atoms with Gasteiger partial charge in [0.05, 0.1) is 0 Å². The Morgan fingerprint density at radius 1 is 0.833 bits per heavy atom. The van der Waals surface area contributed by atoms with Crippen LogP contribution in [0.4, 0.5) is 0 Å². The Balaban J connectivity index is 1.86. The minimum atomic E-state index is 0.805. The fourth-order valence-electron chi connectivity index (χ4n) is 3.29. The van der Waals surface area contributed by atoms with E-state index in [1.54, 1.807) is 0 Å². The zero-order valence-corrected chi connectivity index (χ0v) is 12.9. The van der Waals surface area contributed by atoms with Crippen LogP contribution in [0.25, 0.3) is 0 Å². The fourth-order valence-corrected chi connectivity index (χ4v) is 4.78. The Kier molecular flexibility index (Phi) is 6.93. The van der Waals surface area contributed by atoms with E-state index < -0.39 is 0 Å². The van der Waals surface area contributed by atoms with Gasteiger partial charge in [-0.05, 0) is 31.1 Å². The third-order valence-corrected chi connectivity index (χ3v) is 6.28. The Labute approximate surface area is 118 Å². The van der Waals surface area contributed by atoms with Crippen molar-refractivity contribution in [1.82, 2.24) is 5.32 Å². The van der Waals surface area contributed by atoms with Gasteiger partial charge in [-0.2, -0.15) is 11.8 Å². The minimum absolute atomic E-state index is 0.805. The summed E-state index contributed by atoms with van der Waals surface area (Å²) < 4.78 is 0. The van der Waals surface area contributed by atoms with Crippen LogP contribution in [0.15, 0.2) is 0 Å². The summed E-state index contributed by atoms with van der Waals surface area (Å²) in [5, 5.41) is 4.76. The average molecular weight is 269 g/mol. The SMILES string of the molecule is CC1CNC2CCCCCCCCCCC2SC1. The maximum Gasteiger partial charge on any atom is 0.0201 e. The monoisotopic (exact) mass is 269 g/mol. The summed E-state index contributed by atoms with van der Waals surface area (Å²) in [7, 11) is 0. The zero-order valence-electron chi connectivity index (χ0n) is 12.1. The van der Waals surface area contributed by atoms with Crippen molar-refractivity contribution in [3.63, 3.8) is 0 Å². The van der Waals surface area contributed by atoms with Crippen molar-refractivity contribution < 1.29 is 0 Å². The highest BCUT2D eigenvalue weighted by atomic mass is 32.2. The molecular formula is C16H31NS. The predicted molar refractivity (Wildman–Crippen MR) is 83.4 cm³/mol. The van der Waals surface area contributed by atoms with Crippen molar-refractivity contribution in [2.24, 2.45) is 5.92 Å². The largest absolute Gasteiger partial charge is 0.313 e. The third kappa shape index (κ3) is 5.13. The zero-order chi connectivity index (χ0) is 12.6. The maximum atomic E-state index is 3.86. The molecule has 18 heavy (non-hydrogen) atoms. The van der Waals surface area contributed by atoms with Gasteiger partial charge in [-0.25, -0.2) is 0 Å². The molecule has 0 bridgehead atoms. The Morgan fingerprint density at radius 3 is 2.17 bits per heavy atom. The highest BCUT2D eigenvalue weighted by molar-refractivity contribution is 7.99. The first-order valence-corrected chi connectivity index (χ1v) is 9.26. The molecule has 2 rings (SSSR count). The summed E-state index contributed by atoms with van der Waals surface area (Å²) >= 11 is 2.26. The molecule has 1 aliphatic carbocycles. The first-order valence-electron chi connectivity index (χ1n) is 8.21. The van der Waals surface area contributed by atoms with Crippen LogP contribution in [-0.2, 0) is 0 Å². The molecule has 1 N–H and O–H groups in total. The van der Waals surface area contributed by atoms with Crippen molar-refractivity contribution >= 4 is 11.8 Å². The van der Waals surface area contributed by atoms with Gasteiger partial charge in [0.1, 0.15) is 0 Å². The lowest BCUT2D eigenvalue weighted by molar-refractivity contribution is 0.404. The molecule has 0 aromatic carbocycles. The molecule has 2 fully saturated rings. The molecule has 106 valence electrons. The van der Waals surface area contributed by atoms with Gasteiger partial charge in [-0.1, -0.05) is 58.3 Å².